The largest absolute Gasteiger partial charge is 0.466 e. The van der Waals surface area contributed by atoms with Gasteiger partial charge in [0.15, 0.2) is 0 Å². The van der Waals surface area contributed by atoms with Crippen LogP contribution in [-0.4, -0.2) is 34.7 Å². The molecule has 1 N–H and O–H groups in total. The molecule has 0 aliphatic carbocycles. The van der Waals surface area contributed by atoms with E-state index in [-0.39, 0.29) is 12.0 Å². The molecule has 0 radical (unpaired) electrons. The van der Waals surface area contributed by atoms with Crippen molar-refractivity contribution < 1.29 is 9.53 Å². The van der Waals surface area contributed by atoms with Gasteiger partial charge in [0.2, 0.25) is 0 Å². The number of nitrogens with zero attached hydrogens (tertiary/aromatic N) is 2. The fourth-order valence-corrected chi connectivity index (χ4v) is 1.40. The van der Waals surface area contributed by atoms with Crippen LogP contribution < -0.4 is 5.32 Å². The van der Waals surface area contributed by atoms with Crippen molar-refractivity contribution in [3.05, 3.63) is 18.7 Å². The van der Waals surface area contributed by atoms with Crippen molar-refractivity contribution in [3.8, 4) is 0 Å². The van der Waals surface area contributed by atoms with Gasteiger partial charge in [0.1, 0.15) is 0 Å². The molecule has 0 saturated carbocycles. The fourth-order valence-electron chi connectivity index (χ4n) is 1.40. The third-order valence-electron chi connectivity index (χ3n) is 2.20. The summed E-state index contributed by atoms with van der Waals surface area (Å²) in [5, 5.41) is 3.26. The Morgan fingerprint density at radius 1 is 1.62 bits per heavy atom. The van der Waals surface area contributed by atoms with Crippen LogP contribution in [0.3, 0.4) is 0 Å². The van der Waals surface area contributed by atoms with Gasteiger partial charge in [0.05, 0.1) is 19.4 Å². The molecular formula is C11H19N3O2. The van der Waals surface area contributed by atoms with Gasteiger partial charge in [-0.2, -0.15) is 0 Å². The van der Waals surface area contributed by atoms with E-state index in [0.717, 1.165) is 13.1 Å². The van der Waals surface area contributed by atoms with Crippen molar-refractivity contribution in [1.29, 1.82) is 0 Å². The van der Waals surface area contributed by atoms with E-state index in [1.165, 1.54) is 0 Å². The summed E-state index contributed by atoms with van der Waals surface area (Å²) in [5.41, 5.74) is 0. The van der Waals surface area contributed by atoms with Gasteiger partial charge in [-0.25, -0.2) is 4.98 Å². The Morgan fingerprint density at radius 3 is 3.06 bits per heavy atom. The van der Waals surface area contributed by atoms with E-state index in [0.29, 0.717) is 13.0 Å². The van der Waals surface area contributed by atoms with E-state index in [1.54, 1.807) is 12.5 Å². The second-order valence-corrected chi connectivity index (χ2v) is 3.66. The third-order valence-corrected chi connectivity index (χ3v) is 2.20. The van der Waals surface area contributed by atoms with Crippen molar-refractivity contribution >= 4 is 5.97 Å². The minimum atomic E-state index is -0.148. The summed E-state index contributed by atoms with van der Waals surface area (Å²) < 4.78 is 6.86. The maximum atomic E-state index is 11.2. The molecule has 1 aromatic rings. The van der Waals surface area contributed by atoms with Gasteiger partial charge in [-0.1, -0.05) is 0 Å². The molecular weight excluding hydrogens is 206 g/mol. The Hall–Kier alpha value is -1.36. The number of nitrogens with one attached hydrogen (secondary N) is 1. The molecule has 0 spiro atoms. The number of rotatable bonds is 7. The van der Waals surface area contributed by atoms with Crippen LogP contribution in [-0.2, 0) is 16.1 Å². The van der Waals surface area contributed by atoms with Gasteiger partial charge in [-0.3, -0.25) is 4.79 Å². The van der Waals surface area contributed by atoms with Crippen LogP contribution in [0.4, 0.5) is 0 Å². The van der Waals surface area contributed by atoms with E-state index in [2.05, 4.69) is 10.3 Å². The molecule has 5 heteroatoms. The lowest BCUT2D eigenvalue weighted by molar-refractivity contribution is -0.143. The Morgan fingerprint density at radius 2 is 2.44 bits per heavy atom. The summed E-state index contributed by atoms with van der Waals surface area (Å²) in [4.78, 5) is 15.1. The molecule has 0 aliphatic rings. The van der Waals surface area contributed by atoms with Crippen LogP contribution in [0.1, 0.15) is 20.3 Å². The first-order valence-electron chi connectivity index (χ1n) is 5.57. The lowest BCUT2D eigenvalue weighted by atomic mass is 10.2. The molecule has 0 saturated heterocycles. The van der Waals surface area contributed by atoms with Crippen LogP contribution in [0.15, 0.2) is 18.7 Å². The van der Waals surface area contributed by atoms with Gasteiger partial charge < -0.3 is 14.6 Å². The van der Waals surface area contributed by atoms with Crippen LogP contribution in [0.25, 0.3) is 0 Å². The number of hydrogen-bond donors (Lipinski definition) is 1. The Kier molecular flexibility index (Phi) is 5.56. The first-order valence-corrected chi connectivity index (χ1v) is 5.57. The molecule has 0 aromatic carbocycles. The zero-order valence-electron chi connectivity index (χ0n) is 9.85. The number of imidazole rings is 1. The van der Waals surface area contributed by atoms with Crippen molar-refractivity contribution in [2.45, 2.75) is 32.9 Å². The minimum absolute atomic E-state index is 0.141. The summed E-state index contributed by atoms with van der Waals surface area (Å²) >= 11 is 0. The van der Waals surface area contributed by atoms with Crippen molar-refractivity contribution in [1.82, 2.24) is 14.9 Å². The summed E-state index contributed by atoms with van der Waals surface area (Å²) in [5.74, 6) is -0.148. The average molecular weight is 225 g/mol. The maximum Gasteiger partial charge on any atom is 0.307 e. The van der Waals surface area contributed by atoms with E-state index >= 15 is 0 Å². The quantitative estimate of drug-likeness (QED) is 0.698. The van der Waals surface area contributed by atoms with E-state index in [9.17, 15) is 4.79 Å². The van der Waals surface area contributed by atoms with Gasteiger partial charge in [0.25, 0.3) is 0 Å². The number of esters is 1. The van der Waals surface area contributed by atoms with E-state index in [4.69, 9.17) is 4.74 Å². The van der Waals surface area contributed by atoms with Crippen molar-refractivity contribution in [2.75, 3.05) is 13.2 Å². The summed E-state index contributed by atoms with van der Waals surface area (Å²) in [6.45, 7) is 5.91. The van der Waals surface area contributed by atoms with Gasteiger partial charge in [-0.05, 0) is 13.8 Å². The zero-order valence-corrected chi connectivity index (χ0v) is 9.85. The smallest absolute Gasteiger partial charge is 0.307 e. The highest BCUT2D eigenvalue weighted by molar-refractivity contribution is 5.69. The van der Waals surface area contributed by atoms with Gasteiger partial charge in [0, 0.05) is 31.5 Å². The van der Waals surface area contributed by atoms with Crippen LogP contribution in [0.2, 0.25) is 0 Å². The SMILES string of the molecule is CCOC(=O)CC(C)NCCn1ccnc1. The molecule has 1 heterocycles. The summed E-state index contributed by atoms with van der Waals surface area (Å²) in [6.07, 6.45) is 5.86. The Labute approximate surface area is 95.8 Å². The van der Waals surface area contributed by atoms with Gasteiger partial charge >= 0.3 is 5.97 Å². The number of ether oxygens (including phenoxy) is 1. The number of carbonyl (C=O) groups excluding carboxylic acids is 1. The number of hydrogen-bond acceptors (Lipinski definition) is 4. The van der Waals surface area contributed by atoms with E-state index in [1.807, 2.05) is 24.6 Å². The molecule has 0 aliphatic heterocycles. The summed E-state index contributed by atoms with van der Waals surface area (Å²) in [6, 6.07) is 0.141. The molecule has 0 bridgehead atoms. The molecule has 16 heavy (non-hydrogen) atoms. The number of aromatic nitrogens is 2. The molecule has 1 rings (SSSR count). The number of carbonyl (C=O) groups is 1. The zero-order chi connectivity index (χ0) is 11.8. The second-order valence-electron chi connectivity index (χ2n) is 3.66. The van der Waals surface area contributed by atoms with Crippen molar-refractivity contribution in [3.63, 3.8) is 0 Å². The van der Waals surface area contributed by atoms with Crippen LogP contribution >= 0.6 is 0 Å². The first kappa shape index (κ1) is 12.7. The molecule has 1 atom stereocenters. The predicted molar refractivity (Wildman–Crippen MR) is 60.9 cm³/mol. The predicted octanol–water partition coefficient (Wildman–Crippen LogP) is 0.814. The molecule has 1 unspecified atom stereocenters. The molecule has 0 fully saturated rings. The van der Waals surface area contributed by atoms with Gasteiger partial charge in [-0.15, -0.1) is 0 Å². The topological polar surface area (TPSA) is 56.1 Å². The Bertz CT molecular complexity index is 298. The first-order chi connectivity index (χ1) is 7.72. The average Bonchev–Trinajstić information content (AvgIpc) is 2.70. The lowest BCUT2D eigenvalue weighted by Gasteiger charge is -2.12. The van der Waals surface area contributed by atoms with Crippen LogP contribution in [0.5, 0.6) is 0 Å². The molecule has 5 nitrogen and oxygen atoms in total. The fraction of sp³-hybridized carbons (Fsp3) is 0.636. The monoisotopic (exact) mass is 225 g/mol. The minimum Gasteiger partial charge on any atom is -0.466 e. The highest BCUT2D eigenvalue weighted by Gasteiger charge is 2.08. The highest BCUT2D eigenvalue weighted by Crippen LogP contribution is 1.94. The van der Waals surface area contributed by atoms with Crippen molar-refractivity contribution in [2.24, 2.45) is 0 Å². The normalized spacial score (nSPS) is 12.4. The third kappa shape index (κ3) is 4.93. The standard InChI is InChI=1S/C11H19N3O2/c1-3-16-11(15)8-10(2)13-5-7-14-6-4-12-9-14/h4,6,9-10,13H,3,5,7-8H2,1-2H3. The molecule has 1 aromatic heterocycles. The molecule has 0 amide bonds. The molecule has 90 valence electrons. The highest BCUT2D eigenvalue weighted by atomic mass is 16.5. The second kappa shape index (κ2) is 7.00. The maximum absolute atomic E-state index is 11.2. The van der Waals surface area contributed by atoms with Crippen LogP contribution in [0, 0.1) is 0 Å². The summed E-state index contributed by atoms with van der Waals surface area (Å²) in [7, 11) is 0. The van der Waals surface area contributed by atoms with E-state index < -0.39 is 0 Å². The lowest BCUT2D eigenvalue weighted by Crippen LogP contribution is -2.31. The Balaban J connectivity index is 2.10.